The van der Waals surface area contributed by atoms with Crippen LogP contribution in [0.25, 0.3) is 0 Å². The zero-order valence-corrected chi connectivity index (χ0v) is 16.1. The lowest BCUT2D eigenvalue weighted by Crippen LogP contribution is -2.54. The average Bonchev–Trinajstić information content (AvgIpc) is 2.71. The SMILES string of the molecule is COc1ccc(Cc2cc([C@@H]3O[C@@H](CC#N)[C@@H](O)C(O)[C@H]3O)ccc2Cl)cc1. The lowest BCUT2D eigenvalue weighted by molar-refractivity contribution is -0.223. The minimum absolute atomic E-state index is 0.0895. The summed E-state index contributed by atoms with van der Waals surface area (Å²) in [6, 6.07) is 14.8. The predicted molar refractivity (Wildman–Crippen MR) is 103 cm³/mol. The predicted octanol–water partition coefficient (Wildman–Crippen LogP) is 2.38. The number of nitrogens with zero attached hydrogens (tertiary/aromatic N) is 1. The van der Waals surface area contributed by atoms with E-state index in [0.29, 0.717) is 17.0 Å². The Morgan fingerprint density at radius 3 is 2.43 bits per heavy atom. The van der Waals surface area contributed by atoms with Gasteiger partial charge in [-0.25, -0.2) is 0 Å². The molecule has 1 aliphatic rings. The number of hydrogen-bond donors (Lipinski definition) is 3. The standard InChI is InChI=1S/C21H22ClNO5/c1-27-15-5-2-12(3-6-15)10-14-11-13(4-7-16(14)22)21-20(26)19(25)18(24)17(28-21)8-9-23/h2-7,11,17-21,24-26H,8,10H2,1H3/t17-,18+,19?,20+,21-/m0/s1. The first kappa shape index (κ1) is 20.6. The maximum Gasteiger partial charge on any atom is 0.118 e. The van der Waals surface area contributed by atoms with E-state index in [-0.39, 0.29) is 6.42 Å². The molecule has 0 spiro atoms. The van der Waals surface area contributed by atoms with Gasteiger partial charge in [0.1, 0.15) is 30.2 Å². The molecule has 28 heavy (non-hydrogen) atoms. The molecule has 0 radical (unpaired) electrons. The molecule has 0 aromatic heterocycles. The van der Waals surface area contributed by atoms with Crippen LogP contribution in [0.4, 0.5) is 0 Å². The van der Waals surface area contributed by atoms with Crippen LogP contribution in [0.2, 0.25) is 5.02 Å². The summed E-state index contributed by atoms with van der Waals surface area (Å²) < 4.78 is 10.9. The van der Waals surface area contributed by atoms with Crippen molar-refractivity contribution in [1.82, 2.24) is 0 Å². The minimum Gasteiger partial charge on any atom is -0.497 e. The molecule has 148 valence electrons. The first-order chi connectivity index (χ1) is 13.4. The van der Waals surface area contributed by atoms with Gasteiger partial charge in [0.2, 0.25) is 0 Å². The molecule has 0 bridgehead atoms. The van der Waals surface area contributed by atoms with E-state index in [4.69, 9.17) is 26.3 Å². The zero-order chi connectivity index (χ0) is 20.3. The van der Waals surface area contributed by atoms with E-state index in [1.807, 2.05) is 36.4 Å². The minimum atomic E-state index is -1.40. The van der Waals surface area contributed by atoms with Crippen LogP contribution in [0.15, 0.2) is 42.5 Å². The maximum absolute atomic E-state index is 10.4. The van der Waals surface area contributed by atoms with Crippen LogP contribution < -0.4 is 4.74 Å². The second-order valence-electron chi connectivity index (χ2n) is 6.80. The summed E-state index contributed by atoms with van der Waals surface area (Å²) in [6.07, 6.45) is -5.33. The number of nitriles is 1. The molecule has 6 nitrogen and oxygen atoms in total. The van der Waals surface area contributed by atoms with Gasteiger partial charge in [0.15, 0.2) is 0 Å². The molecule has 0 amide bonds. The van der Waals surface area contributed by atoms with Gasteiger partial charge in [-0.3, -0.25) is 0 Å². The van der Waals surface area contributed by atoms with Crippen LogP contribution >= 0.6 is 11.6 Å². The van der Waals surface area contributed by atoms with Crippen LogP contribution in [0, 0.1) is 11.3 Å². The van der Waals surface area contributed by atoms with E-state index < -0.39 is 30.5 Å². The van der Waals surface area contributed by atoms with Crippen LogP contribution in [0.1, 0.15) is 29.2 Å². The third-order valence-electron chi connectivity index (χ3n) is 4.96. The van der Waals surface area contributed by atoms with Crippen molar-refractivity contribution in [3.63, 3.8) is 0 Å². The van der Waals surface area contributed by atoms with Crippen molar-refractivity contribution < 1.29 is 24.8 Å². The van der Waals surface area contributed by atoms with Gasteiger partial charge < -0.3 is 24.8 Å². The molecule has 2 aromatic rings. The summed E-state index contributed by atoms with van der Waals surface area (Å²) >= 11 is 6.35. The summed E-state index contributed by atoms with van der Waals surface area (Å²) in [5, 5.41) is 40.1. The van der Waals surface area contributed by atoms with Crippen molar-refractivity contribution >= 4 is 11.6 Å². The number of aliphatic hydroxyl groups is 3. The first-order valence-electron chi connectivity index (χ1n) is 8.92. The van der Waals surface area contributed by atoms with Gasteiger partial charge in [-0.15, -0.1) is 0 Å². The summed E-state index contributed by atoms with van der Waals surface area (Å²) in [6.45, 7) is 0. The van der Waals surface area contributed by atoms with Gasteiger partial charge >= 0.3 is 0 Å². The molecule has 3 N–H and O–H groups in total. The molecule has 3 rings (SSSR count). The monoisotopic (exact) mass is 403 g/mol. The van der Waals surface area contributed by atoms with E-state index >= 15 is 0 Å². The number of hydrogen-bond acceptors (Lipinski definition) is 6. The number of benzene rings is 2. The Balaban J connectivity index is 1.86. The van der Waals surface area contributed by atoms with Crippen LogP contribution in [0.3, 0.4) is 0 Å². The lowest BCUT2D eigenvalue weighted by atomic mass is 9.89. The van der Waals surface area contributed by atoms with E-state index in [2.05, 4.69) is 0 Å². The highest BCUT2D eigenvalue weighted by Crippen LogP contribution is 2.35. The van der Waals surface area contributed by atoms with Gasteiger partial charge in [-0.05, 0) is 41.3 Å². The van der Waals surface area contributed by atoms with Crippen LogP contribution in [0.5, 0.6) is 5.75 Å². The number of methoxy groups -OCH3 is 1. The Morgan fingerprint density at radius 2 is 1.79 bits per heavy atom. The Bertz CT molecular complexity index is 851. The lowest BCUT2D eigenvalue weighted by Gasteiger charge is -2.40. The fourth-order valence-corrected chi connectivity index (χ4v) is 3.54. The Hall–Kier alpha value is -2.14. The maximum atomic E-state index is 10.4. The molecule has 1 aliphatic heterocycles. The highest BCUT2D eigenvalue weighted by atomic mass is 35.5. The van der Waals surface area contributed by atoms with E-state index in [0.717, 1.165) is 16.9 Å². The van der Waals surface area contributed by atoms with Crippen molar-refractivity contribution in [2.75, 3.05) is 7.11 Å². The fraction of sp³-hybridized carbons (Fsp3) is 0.381. The molecule has 2 aromatic carbocycles. The topological polar surface area (TPSA) is 103 Å². The second-order valence-corrected chi connectivity index (χ2v) is 7.21. The highest BCUT2D eigenvalue weighted by Gasteiger charge is 2.44. The molecule has 0 saturated carbocycles. The summed E-state index contributed by atoms with van der Waals surface area (Å²) in [5.41, 5.74) is 2.48. The van der Waals surface area contributed by atoms with Crippen molar-refractivity contribution in [2.45, 2.75) is 43.4 Å². The average molecular weight is 404 g/mol. The molecule has 1 unspecified atom stereocenters. The van der Waals surface area contributed by atoms with E-state index in [1.54, 1.807) is 19.2 Å². The number of rotatable bonds is 5. The Kier molecular flexibility index (Phi) is 6.55. The van der Waals surface area contributed by atoms with E-state index in [1.165, 1.54) is 0 Å². The van der Waals surface area contributed by atoms with Gasteiger partial charge in [0.25, 0.3) is 0 Å². The van der Waals surface area contributed by atoms with Gasteiger partial charge in [-0.2, -0.15) is 5.26 Å². The smallest absolute Gasteiger partial charge is 0.118 e. The molecule has 1 fully saturated rings. The molecule has 0 aliphatic carbocycles. The Labute approximate surface area is 168 Å². The van der Waals surface area contributed by atoms with Crippen LogP contribution in [-0.2, 0) is 11.2 Å². The molecule has 1 heterocycles. The number of aliphatic hydroxyl groups excluding tert-OH is 3. The summed E-state index contributed by atoms with van der Waals surface area (Å²) in [4.78, 5) is 0. The van der Waals surface area contributed by atoms with Crippen molar-refractivity contribution in [1.29, 1.82) is 5.26 Å². The fourth-order valence-electron chi connectivity index (χ4n) is 3.36. The number of ether oxygens (including phenoxy) is 2. The molecule has 1 saturated heterocycles. The third kappa shape index (κ3) is 4.30. The largest absolute Gasteiger partial charge is 0.497 e. The normalized spacial score (nSPS) is 27.2. The third-order valence-corrected chi connectivity index (χ3v) is 5.33. The molecular weight excluding hydrogens is 382 g/mol. The van der Waals surface area contributed by atoms with Gasteiger partial charge in [-0.1, -0.05) is 35.9 Å². The van der Waals surface area contributed by atoms with Gasteiger partial charge in [0, 0.05) is 5.02 Å². The molecular formula is C21H22ClNO5. The zero-order valence-electron chi connectivity index (χ0n) is 15.3. The molecule has 7 heteroatoms. The van der Waals surface area contributed by atoms with Crippen molar-refractivity contribution in [3.8, 4) is 11.8 Å². The highest BCUT2D eigenvalue weighted by molar-refractivity contribution is 6.31. The van der Waals surface area contributed by atoms with Gasteiger partial charge in [0.05, 0.1) is 25.7 Å². The van der Waals surface area contributed by atoms with Crippen molar-refractivity contribution in [3.05, 3.63) is 64.2 Å². The summed E-state index contributed by atoms with van der Waals surface area (Å²) in [5.74, 6) is 0.762. The quantitative estimate of drug-likeness (QED) is 0.708. The Morgan fingerprint density at radius 1 is 1.07 bits per heavy atom. The molecule has 5 atom stereocenters. The van der Waals surface area contributed by atoms with Crippen LogP contribution in [-0.4, -0.2) is 46.8 Å². The summed E-state index contributed by atoms with van der Waals surface area (Å²) in [7, 11) is 1.61. The van der Waals surface area contributed by atoms with E-state index in [9.17, 15) is 15.3 Å². The first-order valence-corrected chi connectivity index (χ1v) is 9.30. The second kappa shape index (κ2) is 8.91. The number of halogens is 1. The van der Waals surface area contributed by atoms with Crippen molar-refractivity contribution in [2.24, 2.45) is 0 Å².